The van der Waals surface area contributed by atoms with Crippen LogP contribution in [0.1, 0.15) is 21.6 Å². The summed E-state index contributed by atoms with van der Waals surface area (Å²) >= 11 is 0. The van der Waals surface area contributed by atoms with Gasteiger partial charge >= 0.3 is 0 Å². The Kier molecular flexibility index (Phi) is 5.27. The first kappa shape index (κ1) is 18.4. The zero-order valence-corrected chi connectivity index (χ0v) is 15.9. The summed E-state index contributed by atoms with van der Waals surface area (Å²) in [4.78, 5) is 20.8. The largest absolute Gasteiger partial charge is 0.369 e. The Labute approximate surface area is 154 Å². The monoisotopic (exact) mass is 373 g/mol. The molecule has 0 atom stereocenters. The average Bonchev–Trinajstić information content (AvgIpc) is 2.63. The normalized spacial score (nSPS) is 16.3. The maximum atomic E-state index is 12.8. The van der Waals surface area contributed by atoms with Gasteiger partial charge in [-0.3, -0.25) is 9.78 Å². The third kappa shape index (κ3) is 4.22. The number of carbonyl (C=O) groups excluding carboxylic acids is 1. The fourth-order valence-corrected chi connectivity index (χ4v) is 4.21. The third-order valence-electron chi connectivity index (χ3n) is 4.65. The van der Waals surface area contributed by atoms with Crippen molar-refractivity contribution in [3.8, 4) is 0 Å². The number of sulfone groups is 1. The highest BCUT2D eigenvalue weighted by Gasteiger charge is 2.22. The first-order valence-electron chi connectivity index (χ1n) is 8.57. The van der Waals surface area contributed by atoms with E-state index in [0.717, 1.165) is 16.9 Å². The van der Waals surface area contributed by atoms with Gasteiger partial charge in [0.2, 0.25) is 0 Å². The Morgan fingerprint density at radius 3 is 2.62 bits per heavy atom. The van der Waals surface area contributed by atoms with Gasteiger partial charge in [0, 0.05) is 37.6 Å². The van der Waals surface area contributed by atoms with E-state index in [2.05, 4.69) is 4.98 Å². The number of aryl methyl sites for hydroxylation is 1. The van der Waals surface area contributed by atoms with E-state index >= 15 is 0 Å². The number of carbonyl (C=O) groups is 1. The van der Waals surface area contributed by atoms with Crippen LogP contribution in [0.15, 0.2) is 42.6 Å². The van der Waals surface area contributed by atoms with E-state index in [1.165, 1.54) is 0 Å². The van der Waals surface area contributed by atoms with Gasteiger partial charge in [0.05, 0.1) is 23.7 Å². The molecule has 26 heavy (non-hydrogen) atoms. The Balaban J connectivity index is 1.73. The average molecular weight is 373 g/mol. The minimum absolute atomic E-state index is 0.0819. The number of aromatic nitrogens is 1. The quantitative estimate of drug-likeness (QED) is 0.819. The SMILES string of the molecule is Cc1cccnc1CN(C)C(=O)c1cccc(N2CCS(=O)(=O)CC2)c1. The van der Waals surface area contributed by atoms with Crippen LogP contribution in [0, 0.1) is 6.92 Å². The molecular formula is C19H23N3O3S. The van der Waals surface area contributed by atoms with Crippen LogP contribution >= 0.6 is 0 Å². The molecule has 1 aliphatic rings. The van der Waals surface area contributed by atoms with Crippen molar-refractivity contribution in [3.05, 3.63) is 59.4 Å². The van der Waals surface area contributed by atoms with Crippen LogP contribution in [0.5, 0.6) is 0 Å². The molecule has 0 saturated carbocycles. The molecule has 2 heterocycles. The summed E-state index contributed by atoms with van der Waals surface area (Å²) in [5, 5.41) is 0. The number of pyridine rings is 1. The second-order valence-electron chi connectivity index (χ2n) is 6.62. The Hall–Kier alpha value is -2.41. The van der Waals surface area contributed by atoms with Crippen LogP contribution in [0.4, 0.5) is 5.69 Å². The second-order valence-corrected chi connectivity index (χ2v) is 8.92. The topological polar surface area (TPSA) is 70.6 Å². The van der Waals surface area contributed by atoms with E-state index in [-0.39, 0.29) is 17.4 Å². The summed E-state index contributed by atoms with van der Waals surface area (Å²) in [7, 11) is -1.17. The molecule has 6 nitrogen and oxygen atoms in total. The lowest BCUT2D eigenvalue weighted by molar-refractivity contribution is 0.0783. The fourth-order valence-electron chi connectivity index (χ4n) is 3.01. The Morgan fingerprint density at radius 1 is 1.19 bits per heavy atom. The van der Waals surface area contributed by atoms with Gasteiger partial charge in [-0.2, -0.15) is 0 Å². The predicted octanol–water partition coefficient (Wildman–Crippen LogP) is 1.90. The third-order valence-corrected chi connectivity index (χ3v) is 6.26. The van der Waals surface area contributed by atoms with Crippen molar-refractivity contribution < 1.29 is 13.2 Å². The zero-order chi connectivity index (χ0) is 18.7. The fraction of sp³-hybridized carbons (Fsp3) is 0.368. The highest BCUT2D eigenvalue weighted by atomic mass is 32.2. The number of rotatable bonds is 4. The maximum Gasteiger partial charge on any atom is 0.254 e. The smallest absolute Gasteiger partial charge is 0.254 e. The molecule has 3 rings (SSSR count). The number of anilines is 1. The van der Waals surface area contributed by atoms with Gasteiger partial charge in [-0.15, -0.1) is 0 Å². The van der Waals surface area contributed by atoms with Gasteiger partial charge in [-0.25, -0.2) is 8.42 Å². The van der Waals surface area contributed by atoms with Crippen molar-refractivity contribution in [2.45, 2.75) is 13.5 Å². The molecule has 0 radical (unpaired) electrons. The molecule has 0 aliphatic carbocycles. The molecule has 1 fully saturated rings. The van der Waals surface area contributed by atoms with Crippen LogP contribution in [-0.4, -0.2) is 55.9 Å². The molecular weight excluding hydrogens is 350 g/mol. The molecule has 0 N–H and O–H groups in total. The van der Waals surface area contributed by atoms with E-state index < -0.39 is 9.84 Å². The Morgan fingerprint density at radius 2 is 1.92 bits per heavy atom. The summed E-state index contributed by atoms with van der Waals surface area (Å²) in [6.45, 7) is 3.34. The summed E-state index contributed by atoms with van der Waals surface area (Å²) in [5.41, 5.74) is 3.40. The minimum Gasteiger partial charge on any atom is -0.369 e. The van der Waals surface area contributed by atoms with Gasteiger partial charge in [-0.1, -0.05) is 12.1 Å². The Bertz CT molecular complexity index is 898. The summed E-state index contributed by atoms with van der Waals surface area (Å²) < 4.78 is 23.2. The molecule has 0 unspecified atom stereocenters. The minimum atomic E-state index is -2.93. The number of nitrogens with zero attached hydrogens (tertiary/aromatic N) is 3. The maximum absolute atomic E-state index is 12.8. The molecule has 0 bridgehead atoms. The lowest BCUT2D eigenvalue weighted by atomic mass is 10.1. The van der Waals surface area contributed by atoms with E-state index in [1.54, 1.807) is 24.2 Å². The number of amides is 1. The summed E-state index contributed by atoms with van der Waals surface area (Å²) in [6, 6.07) is 11.2. The highest BCUT2D eigenvalue weighted by Crippen LogP contribution is 2.20. The first-order valence-corrected chi connectivity index (χ1v) is 10.4. The molecule has 1 amide bonds. The molecule has 0 spiro atoms. The zero-order valence-electron chi connectivity index (χ0n) is 15.1. The number of hydrogen-bond donors (Lipinski definition) is 0. The molecule has 1 aliphatic heterocycles. The second kappa shape index (κ2) is 7.45. The lowest BCUT2D eigenvalue weighted by Gasteiger charge is -2.29. The van der Waals surface area contributed by atoms with Gasteiger partial charge in [0.1, 0.15) is 0 Å². The van der Waals surface area contributed by atoms with Crippen LogP contribution < -0.4 is 4.90 Å². The molecule has 138 valence electrons. The molecule has 2 aromatic rings. The van der Waals surface area contributed by atoms with E-state index in [9.17, 15) is 13.2 Å². The van der Waals surface area contributed by atoms with Gasteiger partial charge in [0.25, 0.3) is 5.91 Å². The van der Waals surface area contributed by atoms with Crippen molar-refractivity contribution in [1.82, 2.24) is 9.88 Å². The van der Waals surface area contributed by atoms with Crippen molar-refractivity contribution in [1.29, 1.82) is 0 Å². The molecule has 1 aromatic carbocycles. The molecule has 1 saturated heterocycles. The number of benzene rings is 1. The van der Waals surface area contributed by atoms with Gasteiger partial charge in [0.15, 0.2) is 9.84 Å². The van der Waals surface area contributed by atoms with Crippen molar-refractivity contribution in [2.75, 3.05) is 36.5 Å². The molecule has 7 heteroatoms. The summed E-state index contributed by atoms with van der Waals surface area (Å²) in [5.74, 6) is 0.232. The highest BCUT2D eigenvalue weighted by molar-refractivity contribution is 7.91. The van der Waals surface area contributed by atoms with Gasteiger partial charge < -0.3 is 9.80 Å². The standard InChI is InChI=1S/C19H23N3O3S/c1-15-5-4-8-20-18(15)14-21(2)19(23)16-6-3-7-17(13-16)22-9-11-26(24,25)12-10-22/h3-8,13H,9-12,14H2,1-2H3. The van der Waals surface area contributed by atoms with Crippen LogP contribution in [-0.2, 0) is 16.4 Å². The van der Waals surface area contributed by atoms with Gasteiger partial charge in [-0.05, 0) is 36.8 Å². The van der Waals surface area contributed by atoms with Crippen LogP contribution in [0.2, 0.25) is 0 Å². The van der Waals surface area contributed by atoms with Crippen LogP contribution in [0.25, 0.3) is 0 Å². The lowest BCUT2D eigenvalue weighted by Crippen LogP contribution is -2.40. The summed E-state index contributed by atoms with van der Waals surface area (Å²) in [6.07, 6.45) is 1.73. The van der Waals surface area contributed by atoms with E-state index in [4.69, 9.17) is 0 Å². The number of hydrogen-bond acceptors (Lipinski definition) is 5. The van der Waals surface area contributed by atoms with E-state index in [0.29, 0.717) is 25.2 Å². The first-order chi connectivity index (χ1) is 12.4. The van der Waals surface area contributed by atoms with Crippen molar-refractivity contribution in [3.63, 3.8) is 0 Å². The van der Waals surface area contributed by atoms with Crippen molar-refractivity contribution in [2.24, 2.45) is 0 Å². The molecule has 1 aromatic heterocycles. The van der Waals surface area contributed by atoms with Crippen LogP contribution in [0.3, 0.4) is 0 Å². The van der Waals surface area contributed by atoms with Crippen molar-refractivity contribution >= 4 is 21.4 Å². The van der Waals surface area contributed by atoms with E-state index in [1.807, 2.05) is 42.2 Å². The predicted molar refractivity (Wildman–Crippen MR) is 102 cm³/mol.